The lowest BCUT2D eigenvalue weighted by atomic mass is 10.2. The molecule has 2 aliphatic rings. The summed E-state index contributed by atoms with van der Waals surface area (Å²) in [5.74, 6) is -3.37. The van der Waals surface area contributed by atoms with Crippen molar-refractivity contribution in [1.29, 1.82) is 0 Å². The van der Waals surface area contributed by atoms with Crippen molar-refractivity contribution in [2.75, 3.05) is 19.6 Å². The zero-order valence-corrected chi connectivity index (χ0v) is 13.6. The number of alkyl halides is 2. The number of hydrogen-bond donors (Lipinski definition) is 0. The quantitative estimate of drug-likeness (QED) is 0.824. The Kier molecular flexibility index (Phi) is 4.51. The van der Waals surface area contributed by atoms with Gasteiger partial charge in [0.1, 0.15) is 0 Å². The van der Waals surface area contributed by atoms with Crippen LogP contribution in [-0.2, 0) is 11.3 Å². The molecular formula is C15H21F2N5O2. The molecule has 0 bridgehead atoms. The number of halogens is 2. The number of carbonyl (C=O) groups excluding carboxylic acids is 2. The van der Waals surface area contributed by atoms with Crippen molar-refractivity contribution in [3.05, 3.63) is 11.9 Å². The Morgan fingerprint density at radius 1 is 1.33 bits per heavy atom. The molecule has 24 heavy (non-hydrogen) atoms. The summed E-state index contributed by atoms with van der Waals surface area (Å²) in [7, 11) is 0. The maximum Gasteiger partial charge on any atom is 0.276 e. The molecule has 3 heterocycles. The molecular weight excluding hydrogens is 320 g/mol. The standard InChI is InChI=1S/C15H21F2N5O2/c1-2-13(23)22-10-15(16,17)7-11(22)8-21-9-12(18-19-21)14(24)20-5-3-4-6-20/h9,11H,2-8,10H2,1H3/t11-/m0/s1. The molecule has 0 unspecified atom stereocenters. The van der Waals surface area contributed by atoms with Gasteiger partial charge < -0.3 is 9.80 Å². The lowest BCUT2D eigenvalue weighted by Gasteiger charge is -2.23. The van der Waals surface area contributed by atoms with Crippen LogP contribution in [0.2, 0.25) is 0 Å². The van der Waals surface area contributed by atoms with E-state index in [-0.39, 0.29) is 30.5 Å². The largest absolute Gasteiger partial charge is 0.337 e. The molecule has 3 rings (SSSR count). The molecule has 1 aromatic heterocycles. The van der Waals surface area contributed by atoms with Gasteiger partial charge in [-0.25, -0.2) is 13.5 Å². The van der Waals surface area contributed by atoms with E-state index >= 15 is 0 Å². The number of carbonyl (C=O) groups is 2. The van der Waals surface area contributed by atoms with E-state index in [1.807, 2.05) is 0 Å². The predicted molar refractivity (Wildman–Crippen MR) is 80.5 cm³/mol. The first-order valence-electron chi connectivity index (χ1n) is 8.26. The summed E-state index contributed by atoms with van der Waals surface area (Å²) >= 11 is 0. The van der Waals surface area contributed by atoms with Crippen molar-refractivity contribution >= 4 is 11.8 Å². The zero-order valence-electron chi connectivity index (χ0n) is 13.6. The molecule has 1 aromatic rings. The second-order valence-corrected chi connectivity index (χ2v) is 6.41. The van der Waals surface area contributed by atoms with Crippen molar-refractivity contribution < 1.29 is 18.4 Å². The maximum absolute atomic E-state index is 13.7. The van der Waals surface area contributed by atoms with Crippen LogP contribution in [0.25, 0.3) is 0 Å². The molecule has 0 saturated carbocycles. The van der Waals surface area contributed by atoms with E-state index in [2.05, 4.69) is 10.3 Å². The molecule has 2 fully saturated rings. The van der Waals surface area contributed by atoms with Crippen LogP contribution in [0.1, 0.15) is 43.1 Å². The fourth-order valence-corrected chi connectivity index (χ4v) is 3.34. The number of rotatable bonds is 4. The Bertz CT molecular complexity index is 627. The van der Waals surface area contributed by atoms with Gasteiger partial charge in [0, 0.05) is 25.9 Å². The number of hydrogen-bond acceptors (Lipinski definition) is 4. The predicted octanol–water partition coefficient (Wildman–Crippen LogP) is 1.16. The molecule has 0 aromatic carbocycles. The first-order chi connectivity index (χ1) is 11.4. The third kappa shape index (κ3) is 3.39. The summed E-state index contributed by atoms with van der Waals surface area (Å²) in [6.45, 7) is 2.62. The van der Waals surface area contributed by atoms with Crippen LogP contribution in [0.4, 0.5) is 8.78 Å². The minimum Gasteiger partial charge on any atom is -0.337 e. The fourth-order valence-electron chi connectivity index (χ4n) is 3.34. The van der Waals surface area contributed by atoms with Crippen molar-refractivity contribution in [2.24, 2.45) is 0 Å². The van der Waals surface area contributed by atoms with Crippen LogP contribution in [-0.4, -0.2) is 68.2 Å². The van der Waals surface area contributed by atoms with Gasteiger partial charge in [0.25, 0.3) is 11.8 Å². The number of aromatic nitrogens is 3. The van der Waals surface area contributed by atoms with Gasteiger partial charge >= 0.3 is 0 Å². The summed E-state index contributed by atoms with van der Waals surface area (Å²) in [5.41, 5.74) is 0.218. The second-order valence-electron chi connectivity index (χ2n) is 6.41. The molecule has 1 atom stereocenters. The highest BCUT2D eigenvalue weighted by Crippen LogP contribution is 2.33. The van der Waals surface area contributed by atoms with Crippen LogP contribution in [0.3, 0.4) is 0 Å². The lowest BCUT2D eigenvalue weighted by molar-refractivity contribution is -0.133. The summed E-state index contributed by atoms with van der Waals surface area (Å²) in [5, 5.41) is 7.74. The van der Waals surface area contributed by atoms with Crippen molar-refractivity contribution in [1.82, 2.24) is 24.8 Å². The third-order valence-electron chi connectivity index (χ3n) is 4.55. The highest BCUT2D eigenvalue weighted by atomic mass is 19.3. The van der Waals surface area contributed by atoms with Crippen LogP contribution in [0.5, 0.6) is 0 Å². The molecule has 0 aliphatic carbocycles. The van der Waals surface area contributed by atoms with E-state index in [1.165, 1.54) is 15.8 Å². The van der Waals surface area contributed by atoms with Gasteiger partial charge in [-0.3, -0.25) is 9.59 Å². The van der Waals surface area contributed by atoms with Crippen LogP contribution < -0.4 is 0 Å². The topological polar surface area (TPSA) is 71.3 Å². The van der Waals surface area contributed by atoms with Crippen LogP contribution >= 0.6 is 0 Å². The van der Waals surface area contributed by atoms with Crippen LogP contribution in [0.15, 0.2) is 6.20 Å². The number of nitrogens with zero attached hydrogens (tertiary/aromatic N) is 5. The molecule has 2 aliphatic heterocycles. The normalized spacial score (nSPS) is 23.0. The van der Waals surface area contributed by atoms with Gasteiger partial charge in [-0.15, -0.1) is 5.10 Å². The Morgan fingerprint density at radius 2 is 2.04 bits per heavy atom. The molecule has 7 nitrogen and oxygen atoms in total. The number of likely N-dealkylation sites (tertiary alicyclic amines) is 2. The minimum atomic E-state index is -2.88. The third-order valence-corrected chi connectivity index (χ3v) is 4.55. The van der Waals surface area contributed by atoms with E-state index in [4.69, 9.17) is 0 Å². The van der Waals surface area contributed by atoms with Crippen LogP contribution in [0, 0.1) is 0 Å². The molecule has 9 heteroatoms. The molecule has 0 radical (unpaired) electrons. The van der Waals surface area contributed by atoms with Gasteiger partial charge in [-0.2, -0.15) is 0 Å². The fraction of sp³-hybridized carbons (Fsp3) is 0.733. The Hall–Kier alpha value is -2.06. The Balaban J connectivity index is 1.69. The SMILES string of the molecule is CCC(=O)N1CC(F)(F)C[C@H]1Cn1cc(C(=O)N2CCCC2)nn1. The molecule has 0 N–H and O–H groups in total. The molecule has 2 amide bonds. The van der Waals surface area contributed by atoms with Crippen molar-refractivity contribution in [3.8, 4) is 0 Å². The van der Waals surface area contributed by atoms with Crippen molar-refractivity contribution in [3.63, 3.8) is 0 Å². The van der Waals surface area contributed by atoms with E-state index in [1.54, 1.807) is 11.8 Å². The Morgan fingerprint density at radius 3 is 2.71 bits per heavy atom. The van der Waals surface area contributed by atoms with Gasteiger partial charge in [0.2, 0.25) is 5.91 Å². The molecule has 0 spiro atoms. The average molecular weight is 341 g/mol. The first-order valence-corrected chi connectivity index (χ1v) is 8.26. The molecule has 2 saturated heterocycles. The highest BCUT2D eigenvalue weighted by Gasteiger charge is 2.46. The van der Waals surface area contributed by atoms with Gasteiger partial charge in [0.15, 0.2) is 5.69 Å². The minimum absolute atomic E-state index is 0.113. The number of amides is 2. The Labute approximate surface area is 138 Å². The summed E-state index contributed by atoms with van der Waals surface area (Å²) in [6, 6.07) is -0.635. The lowest BCUT2D eigenvalue weighted by Crippen LogP contribution is -2.38. The maximum atomic E-state index is 13.7. The zero-order chi connectivity index (χ0) is 17.3. The van der Waals surface area contributed by atoms with Crippen molar-refractivity contribution in [2.45, 2.75) is 51.1 Å². The first kappa shape index (κ1) is 16.8. The summed E-state index contributed by atoms with van der Waals surface area (Å²) < 4.78 is 28.7. The smallest absolute Gasteiger partial charge is 0.276 e. The summed E-state index contributed by atoms with van der Waals surface area (Å²) in [6.07, 6.45) is 3.22. The van der Waals surface area contributed by atoms with E-state index in [9.17, 15) is 18.4 Å². The van der Waals surface area contributed by atoms with E-state index < -0.39 is 24.9 Å². The van der Waals surface area contributed by atoms with E-state index in [0.29, 0.717) is 13.1 Å². The average Bonchev–Trinajstić information content (AvgIpc) is 3.26. The highest BCUT2D eigenvalue weighted by molar-refractivity contribution is 5.92. The van der Waals surface area contributed by atoms with Gasteiger partial charge in [0.05, 0.1) is 25.3 Å². The van der Waals surface area contributed by atoms with Gasteiger partial charge in [-0.05, 0) is 12.8 Å². The monoisotopic (exact) mass is 341 g/mol. The second kappa shape index (κ2) is 6.45. The molecule has 132 valence electrons. The summed E-state index contributed by atoms with van der Waals surface area (Å²) in [4.78, 5) is 27.0. The van der Waals surface area contributed by atoms with Gasteiger partial charge in [-0.1, -0.05) is 12.1 Å². The van der Waals surface area contributed by atoms with E-state index in [0.717, 1.165) is 12.8 Å².